The number of hydrogen-bond acceptors (Lipinski definition) is 1. The zero-order valence-corrected chi connectivity index (χ0v) is 24.0. The average molecular weight is 471 g/mol. The summed E-state index contributed by atoms with van der Waals surface area (Å²) in [6, 6.07) is 0. The number of nitrogens with zero attached hydrogens (tertiary/aromatic N) is 1. The first-order valence-corrected chi connectivity index (χ1v) is 14.8. The summed E-state index contributed by atoms with van der Waals surface area (Å²) >= 11 is 0. The van der Waals surface area contributed by atoms with E-state index in [4.69, 9.17) is 4.74 Å². The van der Waals surface area contributed by atoms with Gasteiger partial charge >= 0.3 is 0 Å². The molecule has 0 amide bonds. The highest BCUT2D eigenvalue weighted by atomic mass is 16.5. The number of rotatable bonds is 9. The monoisotopic (exact) mass is 470 g/mol. The van der Waals surface area contributed by atoms with E-state index in [0.717, 1.165) is 53.6 Å². The molecule has 2 heteroatoms. The second-order valence-corrected chi connectivity index (χ2v) is 14.7. The molecule has 4 aliphatic rings. The van der Waals surface area contributed by atoms with Gasteiger partial charge < -0.3 is 9.22 Å². The first-order valence-electron chi connectivity index (χ1n) is 14.8. The molecule has 0 aromatic rings. The number of allylic oxidation sites excluding steroid dienone is 3. The molecule has 0 heterocycles. The van der Waals surface area contributed by atoms with Crippen LogP contribution in [0.3, 0.4) is 0 Å². The lowest BCUT2D eigenvalue weighted by molar-refractivity contribution is -0.870. The summed E-state index contributed by atoms with van der Waals surface area (Å²) in [6.07, 6.45) is 19.3. The van der Waals surface area contributed by atoms with Crippen LogP contribution in [0.15, 0.2) is 23.3 Å². The smallest absolute Gasteiger partial charge is 0.102 e. The Kier molecular flexibility index (Phi) is 7.82. The molecule has 0 aromatic heterocycles. The van der Waals surface area contributed by atoms with Gasteiger partial charge in [-0.15, -0.1) is 0 Å². The van der Waals surface area contributed by atoms with Gasteiger partial charge in [-0.3, -0.25) is 0 Å². The van der Waals surface area contributed by atoms with Crippen LogP contribution in [0.25, 0.3) is 0 Å². The number of ether oxygens (including phenoxy) is 1. The zero-order chi connectivity index (χ0) is 24.7. The van der Waals surface area contributed by atoms with Gasteiger partial charge in [0.15, 0.2) is 0 Å². The van der Waals surface area contributed by atoms with Crippen LogP contribution < -0.4 is 0 Å². The van der Waals surface area contributed by atoms with Crippen molar-refractivity contribution in [3.8, 4) is 0 Å². The Morgan fingerprint density at radius 3 is 2.41 bits per heavy atom. The molecule has 7 atom stereocenters. The van der Waals surface area contributed by atoms with E-state index < -0.39 is 0 Å². The third-order valence-electron chi connectivity index (χ3n) is 10.8. The van der Waals surface area contributed by atoms with Gasteiger partial charge in [0.2, 0.25) is 0 Å². The average Bonchev–Trinajstić information content (AvgIpc) is 3.10. The quantitative estimate of drug-likeness (QED) is 0.310. The van der Waals surface area contributed by atoms with E-state index in [0.29, 0.717) is 16.9 Å². The molecule has 2 nitrogen and oxygen atoms in total. The van der Waals surface area contributed by atoms with Crippen molar-refractivity contribution in [3.05, 3.63) is 23.3 Å². The van der Waals surface area contributed by atoms with Crippen LogP contribution >= 0.6 is 0 Å². The lowest BCUT2D eigenvalue weighted by atomic mass is 9.50. The van der Waals surface area contributed by atoms with Crippen LogP contribution in [0.5, 0.6) is 0 Å². The molecule has 0 spiro atoms. The maximum Gasteiger partial charge on any atom is 0.102 e. The molecule has 3 fully saturated rings. The van der Waals surface area contributed by atoms with E-state index >= 15 is 0 Å². The van der Waals surface area contributed by atoms with Crippen LogP contribution in [0.1, 0.15) is 98.8 Å². The minimum absolute atomic E-state index is 0.381. The highest BCUT2D eigenvalue weighted by Gasteiger charge is 2.56. The minimum Gasteiger partial charge on any atom is -0.372 e. The van der Waals surface area contributed by atoms with Crippen LogP contribution in [-0.4, -0.2) is 44.9 Å². The number of fused-ring (bicyclic) bond motifs is 5. The summed E-state index contributed by atoms with van der Waals surface area (Å²) < 4.78 is 7.37. The van der Waals surface area contributed by atoms with Crippen molar-refractivity contribution in [1.29, 1.82) is 0 Å². The highest BCUT2D eigenvalue weighted by molar-refractivity contribution is 5.38. The fraction of sp³-hybridized carbons (Fsp3) is 0.875. The van der Waals surface area contributed by atoms with E-state index in [2.05, 4.69) is 67.9 Å². The van der Waals surface area contributed by atoms with Gasteiger partial charge in [-0.25, -0.2) is 0 Å². The van der Waals surface area contributed by atoms with Crippen LogP contribution in [-0.2, 0) is 4.74 Å². The topological polar surface area (TPSA) is 9.23 Å². The summed E-state index contributed by atoms with van der Waals surface area (Å²) in [5.74, 6) is 4.28. The second-order valence-electron chi connectivity index (χ2n) is 14.7. The van der Waals surface area contributed by atoms with E-state index in [1.54, 1.807) is 5.57 Å². The van der Waals surface area contributed by atoms with Gasteiger partial charge in [0, 0.05) is 0 Å². The van der Waals surface area contributed by atoms with Crippen LogP contribution in [0, 0.1) is 40.4 Å². The van der Waals surface area contributed by atoms with Crippen molar-refractivity contribution in [2.75, 3.05) is 34.3 Å². The van der Waals surface area contributed by atoms with Crippen LogP contribution in [0.2, 0.25) is 0 Å². The summed E-state index contributed by atoms with van der Waals surface area (Å²) in [5.41, 5.74) is 4.46. The molecule has 194 valence electrons. The molecule has 0 aromatic carbocycles. The van der Waals surface area contributed by atoms with Crippen molar-refractivity contribution in [2.45, 2.75) is 105 Å². The Morgan fingerprint density at radius 1 is 0.941 bits per heavy atom. The lowest BCUT2D eigenvalue weighted by Gasteiger charge is -2.55. The summed E-state index contributed by atoms with van der Waals surface area (Å²) in [5, 5.41) is 0. The molecule has 0 saturated heterocycles. The third kappa shape index (κ3) is 5.24. The zero-order valence-electron chi connectivity index (χ0n) is 24.0. The fourth-order valence-corrected chi connectivity index (χ4v) is 8.63. The van der Waals surface area contributed by atoms with E-state index in [-0.39, 0.29) is 0 Å². The van der Waals surface area contributed by atoms with Crippen molar-refractivity contribution >= 4 is 0 Å². The molecule has 4 aliphatic carbocycles. The van der Waals surface area contributed by atoms with Gasteiger partial charge in [-0.2, -0.15) is 0 Å². The molecule has 34 heavy (non-hydrogen) atoms. The minimum atomic E-state index is 0.381. The molecule has 0 radical (unpaired) electrons. The van der Waals surface area contributed by atoms with Gasteiger partial charge in [-0.1, -0.05) is 77.2 Å². The predicted molar refractivity (Wildman–Crippen MR) is 146 cm³/mol. The van der Waals surface area contributed by atoms with Crippen LogP contribution in [0.4, 0.5) is 0 Å². The molecule has 0 aliphatic heterocycles. The Morgan fingerprint density at radius 2 is 1.71 bits per heavy atom. The van der Waals surface area contributed by atoms with Crippen molar-refractivity contribution in [3.63, 3.8) is 0 Å². The Bertz CT molecular complexity index is 772. The summed E-state index contributed by atoms with van der Waals surface area (Å²) in [7, 11) is 6.77. The molecule has 4 rings (SSSR count). The van der Waals surface area contributed by atoms with Gasteiger partial charge in [0.1, 0.15) is 6.54 Å². The van der Waals surface area contributed by atoms with Gasteiger partial charge in [0.05, 0.1) is 33.9 Å². The number of likely N-dealkylation sites (N-methyl/N-ethyl adjacent to an activating group) is 1. The number of hydrogen-bond donors (Lipinski definition) is 0. The Labute approximate surface area is 212 Å². The number of quaternary nitrogens is 1. The van der Waals surface area contributed by atoms with E-state index in [9.17, 15) is 0 Å². The fourth-order valence-electron chi connectivity index (χ4n) is 8.63. The van der Waals surface area contributed by atoms with Crippen molar-refractivity contribution in [2.24, 2.45) is 40.4 Å². The highest BCUT2D eigenvalue weighted by Crippen LogP contribution is 2.66. The van der Waals surface area contributed by atoms with Gasteiger partial charge in [-0.05, 0) is 85.4 Å². The van der Waals surface area contributed by atoms with Crippen molar-refractivity contribution < 1.29 is 9.22 Å². The third-order valence-corrected chi connectivity index (χ3v) is 10.8. The maximum absolute atomic E-state index is 6.38. The molecular weight excluding hydrogens is 414 g/mol. The SMILES string of the molecule is CC(C)CCCC(C)C1CCC2C3=CC=C4CC(OCC[N+](C)(C)C)CCC4(C)C3CCC21C. The second kappa shape index (κ2) is 10.0. The summed E-state index contributed by atoms with van der Waals surface area (Å²) in [6.45, 7) is 14.6. The standard InChI is InChI=1S/C32H56NO/c1-23(2)10-9-11-24(3)28-14-15-29-27-13-12-25-22-26(34-21-20-33(6,7)8)16-18-31(25,4)30(27)17-19-32(28,29)5/h12-13,23-24,26,28-30H,9-11,14-22H2,1-8H3/q+1. The molecule has 3 saturated carbocycles. The maximum atomic E-state index is 6.38. The molecule has 7 unspecified atom stereocenters. The van der Waals surface area contributed by atoms with E-state index in [1.165, 1.54) is 57.8 Å². The predicted octanol–water partition coefficient (Wildman–Crippen LogP) is 8.04. The Balaban J connectivity index is 1.44. The molecular formula is C32H56NO+. The molecule has 0 bridgehead atoms. The summed E-state index contributed by atoms with van der Waals surface area (Å²) in [4.78, 5) is 0. The molecule has 0 N–H and O–H groups in total. The van der Waals surface area contributed by atoms with E-state index in [1.807, 2.05) is 5.57 Å². The normalized spacial score (nSPS) is 38.6. The first-order chi connectivity index (χ1) is 15.9. The first kappa shape index (κ1) is 26.5. The van der Waals surface area contributed by atoms with Gasteiger partial charge in [0.25, 0.3) is 0 Å². The largest absolute Gasteiger partial charge is 0.372 e. The Hall–Kier alpha value is -0.600. The van der Waals surface area contributed by atoms with Crippen molar-refractivity contribution in [1.82, 2.24) is 0 Å². The lowest BCUT2D eigenvalue weighted by Crippen LogP contribution is -2.47.